The van der Waals surface area contributed by atoms with Gasteiger partial charge in [0, 0.05) is 11.0 Å². The summed E-state index contributed by atoms with van der Waals surface area (Å²) in [6.45, 7) is 7.39. The van der Waals surface area contributed by atoms with E-state index in [4.69, 9.17) is 9.47 Å². The third-order valence-corrected chi connectivity index (χ3v) is 3.28. The highest BCUT2D eigenvalue weighted by Gasteiger charge is 2.39. The fraction of sp³-hybridized carbons (Fsp3) is 0.727. The molecule has 0 atom stereocenters. The van der Waals surface area contributed by atoms with E-state index in [-0.39, 0.29) is 11.4 Å². The third-order valence-electron chi connectivity index (χ3n) is 3.28. The average molecular weight is 198 g/mol. The van der Waals surface area contributed by atoms with E-state index in [0.717, 1.165) is 30.8 Å². The lowest BCUT2D eigenvalue weighted by molar-refractivity contribution is -0.136. The Hall–Kier alpha value is -0.830. The molecule has 0 bridgehead atoms. The van der Waals surface area contributed by atoms with E-state index in [1.165, 1.54) is 7.11 Å². The zero-order valence-corrected chi connectivity index (χ0v) is 9.35. The quantitative estimate of drug-likeness (QED) is 0.513. The maximum atomic E-state index is 11.3. The first-order chi connectivity index (χ1) is 6.57. The first kappa shape index (κ1) is 11.2. The number of hydrogen-bond donors (Lipinski definition) is 0. The van der Waals surface area contributed by atoms with Gasteiger partial charge in [-0.15, -0.1) is 0 Å². The van der Waals surface area contributed by atoms with Crippen LogP contribution in [0, 0.1) is 5.41 Å². The summed E-state index contributed by atoms with van der Waals surface area (Å²) in [4.78, 5) is 11.3. The second-order valence-corrected chi connectivity index (χ2v) is 3.87. The average Bonchev–Trinajstić information content (AvgIpc) is 2.14. The molecule has 0 radical (unpaired) electrons. The first-order valence-electron chi connectivity index (χ1n) is 4.91. The van der Waals surface area contributed by atoms with Gasteiger partial charge in [-0.25, -0.2) is 4.79 Å². The maximum absolute atomic E-state index is 11.3. The minimum atomic E-state index is -0.234. The van der Waals surface area contributed by atoms with Crippen LogP contribution in [0.3, 0.4) is 0 Å². The van der Waals surface area contributed by atoms with Crippen LogP contribution in [0.4, 0.5) is 0 Å². The molecule has 1 saturated heterocycles. The molecule has 0 aromatic carbocycles. The number of carbonyl (C=O) groups is 1. The Bertz CT molecular complexity index is 256. The van der Waals surface area contributed by atoms with Crippen molar-refractivity contribution in [3.05, 3.63) is 11.1 Å². The minimum absolute atomic E-state index is 0.0816. The molecule has 0 saturated carbocycles. The van der Waals surface area contributed by atoms with Crippen molar-refractivity contribution < 1.29 is 14.3 Å². The summed E-state index contributed by atoms with van der Waals surface area (Å²) in [6.07, 6.45) is 1.01. The highest BCUT2D eigenvalue weighted by atomic mass is 16.5. The van der Waals surface area contributed by atoms with Gasteiger partial charge >= 0.3 is 5.97 Å². The maximum Gasteiger partial charge on any atom is 0.333 e. The molecule has 1 aliphatic rings. The molecule has 0 aliphatic carbocycles. The van der Waals surface area contributed by atoms with Crippen LogP contribution in [0.25, 0.3) is 0 Å². The predicted molar refractivity (Wildman–Crippen MR) is 53.9 cm³/mol. The van der Waals surface area contributed by atoms with Crippen molar-refractivity contribution >= 4 is 5.97 Å². The number of esters is 1. The molecular formula is C11H18O3. The van der Waals surface area contributed by atoms with Crippen molar-refractivity contribution in [1.29, 1.82) is 0 Å². The molecule has 0 spiro atoms. The molecule has 0 unspecified atom stereocenters. The number of methoxy groups -OCH3 is 1. The Morgan fingerprint density at radius 2 is 2.00 bits per heavy atom. The Morgan fingerprint density at radius 1 is 1.43 bits per heavy atom. The summed E-state index contributed by atoms with van der Waals surface area (Å²) in [5, 5.41) is 0. The third kappa shape index (κ3) is 1.69. The van der Waals surface area contributed by atoms with Gasteiger partial charge in [-0.05, 0) is 20.3 Å². The van der Waals surface area contributed by atoms with Crippen LogP contribution in [0.2, 0.25) is 0 Å². The van der Waals surface area contributed by atoms with Crippen LogP contribution >= 0.6 is 0 Å². The fourth-order valence-corrected chi connectivity index (χ4v) is 1.74. The first-order valence-corrected chi connectivity index (χ1v) is 4.91. The molecule has 14 heavy (non-hydrogen) atoms. The SMILES string of the molecule is CCC1(C(C)=C(C)C(=O)OC)COC1. The van der Waals surface area contributed by atoms with Crippen molar-refractivity contribution in [2.45, 2.75) is 27.2 Å². The molecule has 80 valence electrons. The van der Waals surface area contributed by atoms with Gasteiger partial charge in [0.05, 0.1) is 20.3 Å². The highest BCUT2D eigenvalue weighted by Crippen LogP contribution is 2.40. The van der Waals surface area contributed by atoms with Crippen LogP contribution < -0.4 is 0 Å². The highest BCUT2D eigenvalue weighted by molar-refractivity contribution is 5.88. The van der Waals surface area contributed by atoms with E-state index >= 15 is 0 Å². The summed E-state index contributed by atoms with van der Waals surface area (Å²) >= 11 is 0. The van der Waals surface area contributed by atoms with Crippen LogP contribution in [-0.2, 0) is 14.3 Å². The van der Waals surface area contributed by atoms with E-state index in [1.54, 1.807) is 0 Å². The van der Waals surface area contributed by atoms with Gasteiger partial charge in [-0.1, -0.05) is 12.5 Å². The van der Waals surface area contributed by atoms with Crippen molar-refractivity contribution in [2.75, 3.05) is 20.3 Å². The van der Waals surface area contributed by atoms with E-state index in [0.29, 0.717) is 0 Å². The van der Waals surface area contributed by atoms with Crippen LogP contribution in [0.1, 0.15) is 27.2 Å². The van der Waals surface area contributed by atoms with E-state index < -0.39 is 0 Å². The van der Waals surface area contributed by atoms with Crippen molar-refractivity contribution in [2.24, 2.45) is 5.41 Å². The molecular weight excluding hydrogens is 180 g/mol. The zero-order chi connectivity index (χ0) is 10.8. The lowest BCUT2D eigenvalue weighted by Crippen LogP contribution is -2.43. The van der Waals surface area contributed by atoms with Gasteiger partial charge < -0.3 is 9.47 Å². The van der Waals surface area contributed by atoms with Crippen LogP contribution in [-0.4, -0.2) is 26.3 Å². The van der Waals surface area contributed by atoms with Gasteiger partial charge in [0.25, 0.3) is 0 Å². The molecule has 0 aromatic heterocycles. The van der Waals surface area contributed by atoms with E-state index in [1.807, 2.05) is 13.8 Å². The van der Waals surface area contributed by atoms with Gasteiger partial charge in [0.1, 0.15) is 0 Å². The molecule has 1 rings (SSSR count). The molecule has 3 nitrogen and oxygen atoms in total. The second kappa shape index (κ2) is 4.13. The summed E-state index contributed by atoms with van der Waals surface area (Å²) in [7, 11) is 1.41. The Morgan fingerprint density at radius 3 is 2.29 bits per heavy atom. The zero-order valence-electron chi connectivity index (χ0n) is 9.35. The normalized spacial score (nSPS) is 20.9. The van der Waals surface area contributed by atoms with E-state index in [9.17, 15) is 4.79 Å². The molecule has 0 aromatic rings. The predicted octanol–water partition coefficient (Wildman–Crippen LogP) is 1.92. The van der Waals surface area contributed by atoms with Crippen LogP contribution in [0.5, 0.6) is 0 Å². The standard InChI is InChI=1S/C11H18O3/c1-5-11(6-14-7-11)9(3)8(2)10(12)13-4/h5-7H2,1-4H3. The second-order valence-electron chi connectivity index (χ2n) is 3.87. The van der Waals surface area contributed by atoms with Crippen molar-refractivity contribution in [3.8, 4) is 0 Å². The fourth-order valence-electron chi connectivity index (χ4n) is 1.74. The lowest BCUT2D eigenvalue weighted by atomic mass is 9.75. The number of rotatable bonds is 3. The van der Waals surface area contributed by atoms with Gasteiger partial charge in [-0.2, -0.15) is 0 Å². The Labute approximate surface area is 85.1 Å². The summed E-state index contributed by atoms with van der Waals surface area (Å²) in [6, 6.07) is 0. The number of carbonyl (C=O) groups excluding carboxylic acids is 1. The monoisotopic (exact) mass is 198 g/mol. The number of ether oxygens (including phenoxy) is 2. The molecule has 1 fully saturated rings. The molecule has 0 N–H and O–H groups in total. The van der Waals surface area contributed by atoms with Gasteiger partial charge in [-0.3, -0.25) is 0 Å². The molecule has 1 heterocycles. The topological polar surface area (TPSA) is 35.5 Å². The van der Waals surface area contributed by atoms with Crippen molar-refractivity contribution in [1.82, 2.24) is 0 Å². The lowest BCUT2D eigenvalue weighted by Gasteiger charge is -2.42. The summed E-state index contributed by atoms with van der Waals surface area (Å²) < 4.78 is 9.93. The molecule has 0 amide bonds. The van der Waals surface area contributed by atoms with Gasteiger partial charge in [0.2, 0.25) is 0 Å². The van der Waals surface area contributed by atoms with Crippen molar-refractivity contribution in [3.63, 3.8) is 0 Å². The van der Waals surface area contributed by atoms with E-state index in [2.05, 4.69) is 6.92 Å². The van der Waals surface area contributed by atoms with Gasteiger partial charge in [0.15, 0.2) is 0 Å². The molecule has 1 aliphatic heterocycles. The smallest absolute Gasteiger partial charge is 0.333 e. The summed E-state index contributed by atoms with van der Waals surface area (Å²) in [5.41, 5.74) is 1.91. The summed E-state index contributed by atoms with van der Waals surface area (Å²) in [5.74, 6) is -0.234. The van der Waals surface area contributed by atoms with Crippen LogP contribution in [0.15, 0.2) is 11.1 Å². The Balaban J connectivity index is 2.90. The molecule has 3 heteroatoms. The Kier molecular flexibility index (Phi) is 3.32. The largest absolute Gasteiger partial charge is 0.466 e. The number of hydrogen-bond acceptors (Lipinski definition) is 3. The minimum Gasteiger partial charge on any atom is -0.466 e.